The van der Waals surface area contributed by atoms with Crippen LogP contribution in [0.2, 0.25) is 0 Å². The number of aromatic nitrogens is 2. The number of thiophene rings is 1. The molecule has 0 amide bonds. The van der Waals surface area contributed by atoms with E-state index in [9.17, 15) is 13.2 Å². The molecule has 29 heavy (non-hydrogen) atoms. The van der Waals surface area contributed by atoms with Gasteiger partial charge >= 0.3 is 0 Å². The van der Waals surface area contributed by atoms with Gasteiger partial charge in [0.2, 0.25) is 10.0 Å². The van der Waals surface area contributed by atoms with E-state index < -0.39 is 10.0 Å². The van der Waals surface area contributed by atoms with Gasteiger partial charge in [-0.25, -0.2) is 13.4 Å². The second-order valence-electron chi connectivity index (χ2n) is 7.63. The number of rotatable bonds is 5. The summed E-state index contributed by atoms with van der Waals surface area (Å²) in [6, 6.07) is 8.43. The van der Waals surface area contributed by atoms with Crippen LogP contribution in [0.15, 0.2) is 40.0 Å². The molecule has 2 aromatic heterocycles. The normalized spacial score (nSPS) is 16.0. The fourth-order valence-electron chi connectivity index (χ4n) is 4.03. The van der Waals surface area contributed by atoms with Gasteiger partial charge in [0, 0.05) is 10.9 Å². The highest BCUT2D eigenvalue weighted by molar-refractivity contribution is 7.89. The van der Waals surface area contributed by atoms with Crippen molar-refractivity contribution in [3.8, 4) is 0 Å². The molecule has 0 spiro atoms. The molecule has 154 valence electrons. The van der Waals surface area contributed by atoms with Crippen LogP contribution in [-0.2, 0) is 16.6 Å². The monoisotopic (exact) mass is 431 g/mol. The average molecular weight is 432 g/mol. The largest absolute Gasteiger partial charge is 0.309 e. The number of hydrogen-bond donors (Lipinski definition) is 1. The van der Waals surface area contributed by atoms with E-state index in [4.69, 9.17) is 0 Å². The standard InChI is InChI=1S/C21H25N3O3S2/c1-14-15(2)28-21-19(14)20(25)22-18(23-21)13-24(16-9-5-3-6-10-16)29(26,27)17-11-7-4-8-12-17/h4,7-8,11-12,16H,3,5-6,9-10,13H2,1-2H3,(H,22,23,25). The molecule has 2 heterocycles. The predicted octanol–water partition coefficient (Wildman–Crippen LogP) is 4.13. The summed E-state index contributed by atoms with van der Waals surface area (Å²) in [7, 11) is -3.69. The van der Waals surface area contributed by atoms with Crippen molar-refractivity contribution in [2.24, 2.45) is 0 Å². The molecule has 1 saturated carbocycles. The molecule has 1 N–H and O–H groups in total. The van der Waals surface area contributed by atoms with E-state index in [-0.39, 0.29) is 23.0 Å². The Bertz CT molecular complexity index is 1180. The third-order valence-corrected chi connectivity index (χ3v) is 8.74. The van der Waals surface area contributed by atoms with Gasteiger partial charge in [0.15, 0.2) is 0 Å². The lowest BCUT2D eigenvalue weighted by Gasteiger charge is -2.33. The summed E-state index contributed by atoms with van der Waals surface area (Å²) in [5.41, 5.74) is 0.735. The molecule has 3 aromatic rings. The molecule has 0 atom stereocenters. The lowest BCUT2D eigenvalue weighted by Crippen LogP contribution is -2.41. The maximum atomic E-state index is 13.5. The topological polar surface area (TPSA) is 83.1 Å². The van der Waals surface area contributed by atoms with Gasteiger partial charge in [-0.05, 0) is 44.4 Å². The van der Waals surface area contributed by atoms with E-state index in [1.54, 1.807) is 34.6 Å². The summed E-state index contributed by atoms with van der Waals surface area (Å²) in [6.07, 6.45) is 4.81. The second-order valence-corrected chi connectivity index (χ2v) is 10.7. The van der Waals surface area contributed by atoms with Gasteiger partial charge in [-0.15, -0.1) is 11.3 Å². The maximum Gasteiger partial charge on any atom is 0.259 e. The Morgan fingerprint density at radius 1 is 1.14 bits per heavy atom. The fourth-order valence-corrected chi connectivity index (χ4v) is 6.75. The number of hydrogen-bond acceptors (Lipinski definition) is 5. The summed E-state index contributed by atoms with van der Waals surface area (Å²) >= 11 is 1.47. The van der Waals surface area contributed by atoms with E-state index in [1.165, 1.54) is 11.3 Å². The van der Waals surface area contributed by atoms with Crippen molar-refractivity contribution in [2.75, 3.05) is 0 Å². The highest BCUT2D eigenvalue weighted by Gasteiger charge is 2.33. The van der Waals surface area contributed by atoms with Crippen LogP contribution in [0, 0.1) is 13.8 Å². The Labute approximate surface area is 174 Å². The first-order valence-electron chi connectivity index (χ1n) is 9.93. The zero-order valence-corrected chi connectivity index (χ0v) is 18.3. The van der Waals surface area contributed by atoms with Crippen molar-refractivity contribution in [2.45, 2.75) is 63.4 Å². The molecule has 1 fully saturated rings. The quantitative estimate of drug-likeness (QED) is 0.659. The van der Waals surface area contributed by atoms with E-state index in [0.717, 1.165) is 42.5 Å². The van der Waals surface area contributed by atoms with Gasteiger partial charge in [-0.1, -0.05) is 37.5 Å². The first-order valence-corrected chi connectivity index (χ1v) is 12.2. The van der Waals surface area contributed by atoms with Crippen LogP contribution in [0.5, 0.6) is 0 Å². The number of nitrogens with zero attached hydrogens (tertiary/aromatic N) is 2. The van der Waals surface area contributed by atoms with Crippen LogP contribution < -0.4 is 5.56 Å². The number of nitrogens with one attached hydrogen (secondary N) is 1. The molecule has 1 aromatic carbocycles. The molecule has 0 unspecified atom stereocenters. The molecule has 0 bridgehead atoms. The summed E-state index contributed by atoms with van der Waals surface area (Å²) in [5.74, 6) is 0.397. The summed E-state index contributed by atoms with van der Waals surface area (Å²) in [5, 5.41) is 0.603. The summed E-state index contributed by atoms with van der Waals surface area (Å²) < 4.78 is 28.4. The first-order chi connectivity index (χ1) is 13.9. The number of aryl methyl sites for hydroxylation is 2. The van der Waals surface area contributed by atoms with Crippen LogP contribution in [0.4, 0.5) is 0 Å². The first kappa shape index (κ1) is 20.3. The number of benzene rings is 1. The lowest BCUT2D eigenvalue weighted by molar-refractivity contribution is 0.244. The third kappa shape index (κ3) is 3.89. The Morgan fingerprint density at radius 2 is 1.83 bits per heavy atom. The minimum atomic E-state index is -3.69. The Balaban J connectivity index is 1.76. The highest BCUT2D eigenvalue weighted by atomic mass is 32.2. The summed E-state index contributed by atoms with van der Waals surface area (Å²) in [6.45, 7) is 3.96. The molecule has 8 heteroatoms. The zero-order chi connectivity index (χ0) is 20.6. The second kappa shape index (κ2) is 8.01. The Hall–Kier alpha value is -2.03. The SMILES string of the molecule is Cc1sc2nc(CN(C3CCCCC3)S(=O)(=O)c3ccccc3)[nH]c(=O)c2c1C. The number of H-pyrrole nitrogens is 1. The van der Waals surface area contributed by atoms with Crippen molar-refractivity contribution in [3.05, 3.63) is 57.0 Å². The lowest BCUT2D eigenvalue weighted by atomic mass is 9.95. The van der Waals surface area contributed by atoms with Gasteiger partial charge in [-0.3, -0.25) is 4.79 Å². The van der Waals surface area contributed by atoms with Crippen LogP contribution in [0.3, 0.4) is 0 Å². The van der Waals surface area contributed by atoms with Crippen LogP contribution in [0.1, 0.15) is 48.4 Å². The van der Waals surface area contributed by atoms with Crippen LogP contribution in [-0.4, -0.2) is 28.7 Å². The number of aromatic amines is 1. The minimum absolute atomic E-state index is 0.0725. The minimum Gasteiger partial charge on any atom is -0.309 e. The van der Waals surface area contributed by atoms with Crippen molar-refractivity contribution in [1.82, 2.24) is 14.3 Å². The zero-order valence-electron chi connectivity index (χ0n) is 16.6. The molecule has 0 saturated heterocycles. The van der Waals surface area contributed by atoms with E-state index in [2.05, 4.69) is 9.97 Å². The highest BCUT2D eigenvalue weighted by Crippen LogP contribution is 2.30. The van der Waals surface area contributed by atoms with Gasteiger partial charge in [-0.2, -0.15) is 4.31 Å². The molecule has 1 aliphatic carbocycles. The van der Waals surface area contributed by atoms with Crippen LogP contribution in [0.25, 0.3) is 10.2 Å². The predicted molar refractivity (Wildman–Crippen MR) is 116 cm³/mol. The molecule has 4 rings (SSSR count). The molecule has 6 nitrogen and oxygen atoms in total. The van der Waals surface area contributed by atoms with Crippen molar-refractivity contribution < 1.29 is 8.42 Å². The van der Waals surface area contributed by atoms with E-state index in [1.807, 2.05) is 13.8 Å². The van der Waals surface area contributed by atoms with Crippen molar-refractivity contribution >= 4 is 31.6 Å². The smallest absolute Gasteiger partial charge is 0.259 e. The maximum absolute atomic E-state index is 13.5. The molecule has 0 radical (unpaired) electrons. The van der Waals surface area contributed by atoms with Crippen molar-refractivity contribution in [3.63, 3.8) is 0 Å². The number of fused-ring (bicyclic) bond motifs is 1. The molecule has 1 aliphatic rings. The summed E-state index contributed by atoms with van der Waals surface area (Å²) in [4.78, 5) is 22.1. The average Bonchev–Trinajstić information content (AvgIpc) is 3.01. The van der Waals surface area contributed by atoms with Gasteiger partial charge < -0.3 is 4.98 Å². The fraction of sp³-hybridized carbons (Fsp3) is 0.429. The number of sulfonamides is 1. The van der Waals surface area contributed by atoms with Gasteiger partial charge in [0.25, 0.3) is 5.56 Å². The van der Waals surface area contributed by atoms with Gasteiger partial charge in [0.1, 0.15) is 10.7 Å². The van der Waals surface area contributed by atoms with Gasteiger partial charge in [0.05, 0.1) is 16.8 Å². The van der Waals surface area contributed by atoms with E-state index >= 15 is 0 Å². The third-order valence-electron chi connectivity index (χ3n) is 5.73. The molecular formula is C21H25N3O3S2. The Morgan fingerprint density at radius 3 is 2.52 bits per heavy atom. The van der Waals surface area contributed by atoms with E-state index in [0.29, 0.717) is 16.0 Å². The Kier molecular flexibility index (Phi) is 5.59. The van der Waals surface area contributed by atoms with Crippen molar-refractivity contribution in [1.29, 1.82) is 0 Å². The van der Waals surface area contributed by atoms with Crippen LogP contribution >= 0.6 is 11.3 Å². The molecule has 0 aliphatic heterocycles. The molecular weight excluding hydrogens is 406 g/mol.